The highest BCUT2D eigenvalue weighted by molar-refractivity contribution is 5.97. The highest BCUT2D eigenvalue weighted by Crippen LogP contribution is 2.21. The van der Waals surface area contributed by atoms with Gasteiger partial charge in [-0.15, -0.1) is 0 Å². The van der Waals surface area contributed by atoms with Crippen LogP contribution in [0.4, 0.5) is 0 Å². The molecular formula is C19H23N3O3. The number of ether oxygens (including phenoxy) is 1. The summed E-state index contributed by atoms with van der Waals surface area (Å²) < 4.78 is 5.10. The highest BCUT2D eigenvalue weighted by atomic mass is 16.5. The summed E-state index contributed by atoms with van der Waals surface area (Å²) >= 11 is 0. The van der Waals surface area contributed by atoms with Crippen molar-refractivity contribution < 1.29 is 14.3 Å². The number of piperidine rings is 1. The summed E-state index contributed by atoms with van der Waals surface area (Å²) in [6.07, 6.45) is 1.57. The van der Waals surface area contributed by atoms with Crippen LogP contribution in [-0.4, -0.2) is 46.4 Å². The van der Waals surface area contributed by atoms with E-state index in [0.717, 1.165) is 29.7 Å². The van der Waals surface area contributed by atoms with E-state index in [1.807, 2.05) is 19.9 Å². The number of hydrogen-bond donors (Lipinski definition) is 0. The number of aromatic nitrogens is 2. The predicted octanol–water partition coefficient (Wildman–Crippen LogP) is 2.66. The molecule has 0 radical (unpaired) electrons. The van der Waals surface area contributed by atoms with Gasteiger partial charge in [-0.2, -0.15) is 0 Å². The lowest BCUT2D eigenvalue weighted by molar-refractivity contribution is -0.149. The second-order valence-electron chi connectivity index (χ2n) is 6.44. The first-order valence-corrected chi connectivity index (χ1v) is 8.70. The molecule has 1 amide bonds. The molecule has 1 atom stereocenters. The maximum atomic E-state index is 12.8. The fourth-order valence-electron chi connectivity index (χ4n) is 3.16. The third-order valence-corrected chi connectivity index (χ3v) is 4.65. The van der Waals surface area contributed by atoms with Crippen molar-refractivity contribution in [1.82, 2.24) is 14.9 Å². The average Bonchev–Trinajstić information content (AvgIpc) is 2.62. The number of hydrogen-bond acceptors (Lipinski definition) is 5. The quantitative estimate of drug-likeness (QED) is 0.803. The van der Waals surface area contributed by atoms with E-state index < -0.39 is 0 Å². The van der Waals surface area contributed by atoms with Crippen molar-refractivity contribution >= 4 is 22.9 Å². The summed E-state index contributed by atoms with van der Waals surface area (Å²) in [5.74, 6) is -0.519. The normalized spacial score (nSPS) is 17.6. The zero-order valence-corrected chi connectivity index (χ0v) is 14.9. The second kappa shape index (κ2) is 7.17. The Morgan fingerprint density at radius 3 is 2.64 bits per heavy atom. The fourth-order valence-corrected chi connectivity index (χ4v) is 3.16. The second-order valence-corrected chi connectivity index (χ2v) is 6.44. The van der Waals surface area contributed by atoms with Gasteiger partial charge >= 0.3 is 5.97 Å². The lowest BCUT2D eigenvalue weighted by Crippen LogP contribution is -2.42. The van der Waals surface area contributed by atoms with Crippen LogP contribution in [0.25, 0.3) is 11.0 Å². The number of nitrogens with zero attached hydrogens (tertiary/aromatic N) is 3. The van der Waals surface area contributed by atoms with E-state index in [-0.39, 0.29) is 17.8 Å². The van der Waals surface area contributed by atoms with Crippen molar-refractivity contribution in [2.45, 2.75) is 33.6 Å². The summed E-state index contributed by atoms with van der Waals surface area (Å²) in [6, 6.07) is 5.39. The summed E-state index contributed by atoms with van der Waals surface area (Å²) in [5, 5.41) is 0. The Labute approximate surface area is 147 Å². The third kappa shape index (κ3) is 3.62. The Bertz CT molecular complexity index is 819. The molecular weight excluding hydrogens is 318 g/mol. The molecule has 1 fully saturated rings. The monoisotopic (exact) mass is 341 g/mol. The Morgan fingerprint density at radius 1 is 1.20 bits per heavy atom. The van der Waals surface area contributed by atoms with Gasteiger partial charge in [0.15, 0.2) is 0 Å². The molecule has 1 aliphatic heterocycles. The molecule has 1 unspecified atom stereocenters. The summed E-state index contributed by atoms with van der Waals surface area (Å²) in [5.41, 5.74) is 3.82. The third-order valence-electron chi connectivity index (χ3n) is 4.65. The summed E-state index contributed by atoms with van der Waals surface area (Å²) in [6.45, 7) is 7.06. The minimum absolute atomic E-state index is 0.0732. The van der Waals surface area contributed by atoms with E-state index in [2.05, 4.69) is 9.97 Å². The molecule has 0 bridgehead atoms. The van der Waals surface area contributed by atoms with Crippen LogP contribution in [0.2, 0.25) is 0 Å². The largest absolute Gasteiger partial charge is 0.466 e. The van der Waals surface area contributed by atoms with E-state index in [4.69, 9.17) is 4.74 Å². The van der Waals surface area contributed by atoms with Crippen LogP contribution < -0.4 is 0 Å². The van der Waals surface area contributed by atoms with E-state index in [0.29, 0.717) is 30.8 Å². The van der Waals surface area contributed by atoms with Crippen molar-refractivity contribution in [1.29, 1.82) is 0 Å². The van der Waals surface area contributed by atoms with Gasteiger partial charge in [0, 0.05) is 18.7 Å². The van der Waals surface area contributed by atoms with Gasteiger partial charge in [0.05, 0.1) is 34.9 Å². The smallest absolute Gasteiger partial charge is 0.310 e. The van der Waals surface area contributed by atoms with E-state index in [1.165, 1.54) is 0 Å². The van der Waals surface area contributed by atoms with Crippen molar-refractivity contribution in [3.8, 4) is 0 Å². The summed E-state index contributed by atoms with van der Waals surface area (Å²) in [4.78, 5) is 35.6. The molecule has 2 aromatic rings. The highest BCUT2D eigenvalue weighted by Gasteiger charge is 2.29. The molecule has 6 nitrogen and oxygen atoms in total. The average molecular weight is 341 g/mol. The van der Waals surface area contributed by atoms with Crippen molar-refractivity contribution in [3.63, 3.8) is 0 Å². The van der Waals surface area contributed by atoms with Crippen LogP contribution in [0.5, 0.6) is 0 Å². The maximum Gasteiger partial charge on any atom is 0.310 e. The molecule has 0 aliphatic carbocycles. The molecule has 0 saturated carbocycles. The molecule has 6 heteroatoms. The molecule has 1 aromatic carbocycles. The minimum atomic E-state index is -0.234. The van der Waals surface area contributed by atoms with Crippen molar-refractivity contribution in [3.05, 3.63) is 35.2 Å². The van der Waals surface area contributed by atoms with Gasteiger partial charge in [-0.25, -0.2) is 9.97 Å². The lowest BCUT2D eigenvalue weighted by atomic mass is 9.97. The number of rotatable bonds is 3. The van der Waals surface area contributed by atoms with E-state index >= 15 is 0 Å². The van der Waals surface area contributed by atoms with Gasteiger partial charge < -0.3 is 9.64 Å². The Hall–Kier alpha value is -2.50. The Kier molecular flexibility index (Phi) is 4.97. The number of carbonyl (C=O) groups excluding carboxylic acids is 2. The number of likely N-dealkylation sites (tertiary alicyclic amines) is 1. The fraction of sp³-hybridized carbons (Fsp3) is 0.474. The zero-order valence-electron chi connectivity index (χ0n) is 14.9. The van der Waals surface area contributed by atoms with Gasteiger partial charge in [0.2, 0.25) is 0 Å². The topological polar surface area (TPSA) is 72.4 Å². The number of fused-ring (bicyclic) bond motifs is 1. The van der Waals surface area contributed by atoms with Gasteiger partial charge in [0.1, 0.15) is 0 Å². The Morgan fingerprint density at radius 2 is 1.92 bits per heavy atom. The van der Waals surface area contributed by atoms with Crippen LogP contribution >= 0.6 is 0 Å². The van der Waals surface area contributed by atoms with Crippen LogP contribution in [0, 0.1) is 19.8 Å². The van der Waals surface area contributed by atoms with Gasteiger partial charge in [-0.1, -0.05) is 0 Å². The van der Waals surface area contributed by atoms with E-state index in [1.54, 1.807) is 24.0 Å². The standard InChI is InChI=1S/C19H23N3O3/c1-4-25-19(24)15-6-5-9-22(11-15)18(23)14-7-8-16-17(10-14)21-13(3)12(2)20-16/h7-8,10,15H,4-6,9,11H2,1-3H3. The molecule has 0 spiro atoms. The molecule has 25 heavy (non-hydrogen) atoms. The summed E-state index contributed by atoms with van der Waals surface area (Å²) in [7, 11) is 0. The SMILES string of the molecule is CCOC(=O)C1CCCN(C(=O)c2ccc3nc(C)c(C)nc3c2)C1. The lowest BCUT2D eigenvalue weighted by Gasteiger charge is -2.31. The molecule has 132 valence electrons. The van der Waals surface area contributed by atoms with Gasteiger partial charge in [-0.3, -0.25) is 9.59 Å². The minimum Gasteiger partial charge on any atom is -0.466 e. The molecule has 1 aromatic heterocycles. The number of benzene rings is 1. The van der Waals surface area contributed by atoms with Crippen molar-refractivity contribution in [2.24, 2.45) is 5.92 Å². The molecule has 3 rings (SSSR count). The Balaban J connectivity index is 1.81. The maximum absolute atomic E-state index is 12.8. The van der Waals surface area contributed by atoms with E-state index in [9.17, 15) is 9.59 Å². The van der Waals surface area contributed by atoms with Gasteiger partial charge in [-0.05, 0) is 51.8 Å². The van der Waals surface area contributed by atoms with Crippen LogP contribution in [-0.2, 0) is 9.53 Å². The first-order chi connectivity index (χ1) is 12.0. The number of aryl methyl sites for hydroxylation is 2. The number of amides is 1. The molecule has 2 heterocycles. The predicted molar refractivity (Wildman–Crippen MR) is 94.3 cm³/mol. The van der Waals surface area contributed by atoms with Crippen LogP contribution in [0.15, 0.2) is 18.2 Å². The number of carbonyl (C=O) groups is 2. The van der Waals surface area contributed by atoms with Crippen molar-refractivity contribution in [2.75, 3.05) is 19.7 Å². The number of esters is 1. The van der Waals surface area contributed by atoms with Gasteiger partial charge in [0.25, 0.3) is 5.91 Å². The van der Waals surface area contributed by atoms with Crippen LogP contribution in [0.3, 0.4) is 0 Å². The first-order valence-electron chi connectivity index (χ1n) is 8.70. The molecule has 1 saturated heterocycles. The molecule has 1 aliphatic rings. The van der Waals surface area contributed by atoms with Crippen LogP contribution in [0.1, 0.15) is 41.5 Å². The first kappa shape index (κ1) is 17.3. The zero-order chi connectivity index (χ0) is 18.0. The molecule has 0 N–H and O–H groups in total.